The molecule has 0 spiro atoms. The fraction of sp³-hybridized carbons (Fsp3) is 0.750. The minimum absolute atomic E-state index is 0.0997. The Kier molecular flexibility index (Phi) is 5.50. The van der Waals surface area contributed by atoms with Crippen LogP contribution in [0.2, 0.25) is 0 Å². The average Bonchev–Trinajstić information content (AvgIpc) is 3.25. The van der Waals surface area contributed by atoms with Crippen LogP contribution in [-0.4, -0.2) is 66.8 Å². The van der Waals surface area contributed by atoms with Gasteiger partial charge in [0, 0.05) is 50.4 Å². The van der Waals surface area contributed by atoms with Crippen LogP contribution in [0.5, 0.6) is 0 Å². The predicted octanol–water partition coefficient (Wildman–Crippen LogP) is 1.34. The Hall–Kier alpha value is -1.18. The molecule has 0 bridgehead atoms. The van der Waals surface area contributed by atoms with E-state index in [0.717, 1.165) is 44.2 Å². The minimum atomic E-state index is -0.0997. The largest absolute Gasteiger partial charge is 0.376 e. The minimum Gasteiger partial charge on any atom is -0.376 e. The molecule has 0 radical (unpaired) electrons. The zero-order chi connectivity index (χ0) is 16.2. The normalized spacial score (nSPS) is 27.1. The van der Waals surface area contributed by atoms with E-state index in [9.17, 15) is 4.79 Å². The molecule has 2 fully saturated rings. The van der Waals surface area contributed by atoms with Crippen molar-refractivity contribution in [1.82, 2.24) is 15.2 Å². The number of ether oxygens (including phenoxy) is 1. The van der Waals surface area contributed by atoms with Gasteiger partial charge in [-0.25, -0.2) is 4.98 Å². The number of piperazine rings is 1. The summed E-state index contributed by atoms with van der Waals surface area (Å²) < 4.78 is 5.56. The summed E-state index contributed by atoms with van der Waals surface area (Å²) in [5, 5.41) is 6.13. The van der Waals surface area contributed by atoms with Gasteiger partial charge in [0.2, 0.25) is 5.91 Å². The number of rotatable bonds is 5. The number of carbonyl (C=O) groups excluding carboxylic acids is 1. The maximum absolute atomic E-state index is 12.4. The Morgan fingerprint density at radius 1 is 1.57 bits per heavy atom. The van der Waals surface area contributed by atoms with Crippen molar-refractivity contribution in [2.24, 2.45) is 0 Å². The average molecular weight is 338 g/mol. The Morgan fingerprint density at radius 3 is 3.09 bits per heavy atom. The van der Waals surface area contributed by atoms with Gasteiger partial charge in [0.05, 0.1) is 12.1 Å². The molecule has 3 atom stereocenters. The van der Waals surface area contributed by atoms with Crippen LogP contribution in [0.4, 0.5) is 5.13 Å². The molecule has 1 aromatic heterocycles. The number of hydrogen-bond donors (Lipinski definition) is 1. The van der Waals surface area contributed by atoms with Crippen LogP contribution in [0, 0.1) is 0 Å². The summed E-state index contributed by atoms with van der Waals surface area (Å²) in [5.41, 5.74) is 0. The van der Waals surface area contributed by atoms with E-state index in [0.29, 0.717) is 12.6 Å². The number of hydrogen-bond acceptors (Lipinski definition) is 6. The molecule has 0 unspecified atom stereocenters. The highest BCUT2D eigenvalue weighted by Crippen LogP contribution is 2.23. The lowest BCUT2D eigenvalue weighted by Crippen LogP contribution is -2.57. The van der Waals surface area contributed by atoms with E-state index in [1.165, 1.54) is 0 Å². The van der Waals surface area contributed by atoms with Crippen molar-refractivity contribution in [3.63, 3.8) is 0 Å². The van der Waals surface area contributed by atoms with E-state index in [-0.39, 0.29) is 18.1 Å². The second-order valence-electron chi connectivity index (χ2n) is 6.41. The van der Waals surface area contributed by atoms with E-state index in [1.54, 1.807) is 11.3 Å². The van der Waals surface area contributed by atoms with Crippen LogP contribution in [0.1, 0.15) is 26.7 Å². The summed E-state index contributed by atoms with van der Waals surface area (Å²) in [6, 6.07) is 0.264. The molecule has 2 aliphatic heterocycles. The van der Waals surface area contributed by atoms with Crippen molar-refractivity contribution < 1.29 is 9.53 Å². The van der Waals surface area contributed by atoms with Gasteiger partial charge in [-0.1, -0.05) is 0 Å². The quantitative estimate of drug-likeness (QED) is 0.878. The number of amides is 1. The fourth-order valence-corrected chi connectivity index (χ4v) is 4.08. The van der Waals surface area contributed by atoms with E-state index in [4.69, 9.17) is 4.74 Å². The van der Waals surface area contributed by atoms with Gasteiger partial charge in [0.15, 0.2) is 5.13 Å². The summed E-state index contributed by atoms with van der Waals surface area (Å²) in [6.07, 6.45) is 4.21. The summed E-state index contributed by atoms with van der Waals surface area (Å²) >= 11 is 1.67. The van der Waals surface area contributed by atoms with Crippen LogP contribution in [0.15, 0.2) is 11.6 Å². The third-order valence-corrected chi connectivity index (χ3v) is 5.59. The van der Waals surface area contributed by atoms with E-state index in [1.807, 2.05) is 18.5 Å². The Morgan fingerprint density at radius 2 is 2.43 bits per heavy atom. The van der Waals surface area contributed by atoms with Crippen LogP contribution in [-0.2, 0) is 9.53 Å². The van der Waals surface area contributed by atoms with Gasteiger partial charge in [0.25, 0.3) is 0 Å². The zero-order valence-electron chi connectivity index (χ0n) is 13.9. The smallest absolute Gasteiger partial charge is 0.237 e. The lowest BCUT2D eigenvalue weighted by molar-refractivity contribution is -0.126. The predicted molar refractivity (Wildman–Crippen MR) is 91.9 cm³/mol. The molecule has 2 saturated heterocycles. The molecule has 0 aromatic carbocycles. The van der Waals surface area contributed by atoms with E-state index >= 15 is 0 Å². The van der Waals surface area contributed by atoms with Crippen molar-refractivity contribution in [2.45, 2.75) is 44.9 Å². The third kappa shape index (κ3) is 4.02. The van der Waals surface area contributed by atoms with Gasteiger partial charge < -0.3 is 15.0 Å². The third-order valence-electron chi connectivity index (χ3n) is 4.78. The van der Waals surface area contributed by atoms with Gasteiger partial charge in [-0.2, -0.15) is 0 Å². The van der Waals surface area contributed by atoms with Gasteiger partial charge in [-0.15, -0.1) is 11.3 Å². The van der Waals surface area contributed by atoms with E-state index < -0.39 is 0 Å². The number of aromatic nitrogens is 1. The van der Waals surface area contributed by atoms with Gasteiger partial charge in [-0.05, 0) is 26.7 Å². The lowest BCUT2D eigenvalue weighted by atomic mass is 10.1. The number of anilines is 1. The van der Waals surface area contributed by atoms with Crippen LogP contribution in [0.25, 0.3) is 0 Å². The molecule has 1 amide bonds. The first-order valence-corrected chi connectivity index (χ1v) is 9.32. The van der Waals surface area contributed by atoms with Crippen LogP contribution in [0.3, 0.4) is 0 Å². The van der Waals surface area contributed by atoms with E-state index in [2.05, 4.69) is 27.0 Å². The second kappa shape index (κ2) is 7.59. The van der Waals surface area contributed by atoms with Crippen LogP contribution < -0.4 is 10.2 Å². The monoisotopic (exact) mass is 338 g/mol. The second-order valence-corrected chi connectivity index (χ2v) is 7.28. The van der Waals surface area contributed by atoms with Crippen molar-refractivity contribution in [3.8, 4) is 0 Å². The molecular weight excluding hydrogens is 312 g/mol. The van der Waals surface area contributed by atoms with Gasteiger partial charge in [0.1, 0.15) is 0 Å². The van der Waals surface area contributed by atoms with Crippen LogP contribution >= 0.6 is 11.3 Å². The first-order chi connectivity index (χ1) is 11.1. The number of thiazole rings is 1. The standard InChI is InChI=1S/C16H26N4O2S/c1-12-11-19(6-7-20(12)16-17-5-9-23-16)13(2)15(21)18-10-14-4-3-8-22-14/h5,9,12-14H,3-4,6-8,10-11H2,1-2H3,(H,18,21)/t12-,13-,14-/m1/s1. The number of nitrogens with zero attached hydrogens (tertiary/aromatic N) is 3. The Labute approximate surface area is 141 Å². The van der Waals surface area contributed by atoms with Crippen molar-refractivity contribution in [2.75, 3.05) is 37.7 Å². The highest BCUT2D eigenvalue weighted by molar-refractivity contribution is 7.13. The van der Waals surface area contributed by atoms with Gasteiger partial charge >= 0.3 is 0 Å². The molecule has 2 aliphatic rings. The highest BCUT2D eigenvalue weighted by Gasteiger charge is 2.30. The molecule has 0 aliphatic carbocycles. The highest BCUT2D eigenvalue weighted by atomic mass is 32.1. The molecule has 7 heteroatoms. The number of nitrogens with one attached hydrogen (secondary N) is 1. The molecular formula is C16H26N4O2S. The molecule has 1 aromatic rings. The topological polar surface area (TPSA) is 57.7 Å². The SMILES string of the molecule is C[C@H](C(=O)NC[C@H]1CCCO1)N1CCN(c2nccs2)[C@H](C)C1. The first-order valence-electron chi connectivity index (χ1n) is 8.44. The summed E-state index contributed by atoms with van der Waals surface area (Å²) in [4.78, 5) is 21.4. The molecule has 1 N–H and O–H groups in total. The Balaban J connectivity index is 1.48. The van der Waals surface area contributed by atoms with Crippen molar-refractivity contribution in [3.05, 3.63) is 11.6 Å². The van der Waals surface area contributed by atoms with Crippen molar-refractivity contribution in [1.29, 1.82) is 0 Å². The molecule has 23 heavy (non-hydrogen) atoms. The van der Waals surface area contributed by atoms with Gasteiger partial charge in [-0.3, -0.25) is 9.69 Å². The first kappa shape index (κ1) is 16.7. The molecule has 6 nitrogen and oxygen atoms in total. The summed E-state index contributed by atoms with van der Waals surface area (Å²) in [7, 11) is 0. The maximum Gasteiger partial charge on any atom is 0.237 e. The molecule has 3 heterocycles. The lowest BCUT2D eigenvalue weighted by Gasteiger charge is -2.41. The summed E-state index contributed by atoms with van der Waals surface area (Å²) in [5.74, 6) is 0.107. The Bertz CT molecular complexity index is 504. The maximum atomic E-state index is 12.4. The van der Waals surface area contributed by atoms with Crippen molar-refractivity contribution >= 4 is 22.4 Å². The zero-order valence-corrected chi connectivity index (χ0v) is 14.7. The number of carbonyl (C=O) groups is 1. The molecule has 3 rings (SSSR count). The molecule has 128 valence electrons. The fourth-order valence-electron chi connectivity index (χ4n) is 3.31. The summed E-state index contributed by atoms with van der Waals surface area (Å²) in [6.45, 7) is 8.34. The molecule has 0 saturated carbocycles.